The molecule has 0 saturated carbocycles. The molecule has 0 bridgehead atoms. The summed E-state index contributed by atoms with van der Waals surface area (Å²) < 4.78 is 5.82. The molecule has 0 atom stereocenters. The van der Waals surface area contributed by atoms with Crippen LogP contribution < -0.4 is 0 Å². The van der Waals surface area contributed by atoms with Gasteiger partial charge in [0.05, 0.1) is 0 Å². The van der Waals surface area contributed by atoms with Gasteiger partial charge in [0.2, 0.25) is 0 Å². The number of halogens is 1. The van der Waals surface area contributed by atoms with Crippen molar-refractivity contribution in [3.8, 4) is 0 Å². The first kappa shape index (κ1) is 32.4. The maximum atomic E-state index is 5.82. The zero-order chi connectivity index (χ0) is 21.1. The lowest BCUT2D eigenvalue weighted by atomic mass is 10.1. The monoisotopic (exact) mass is 446 g/mol. The minimum atomic E-state index is 0. The summed E-state index contributed by atoms with van der Waals surface area (Å²) in [4.78, 5) is 0. The summed E-state index contributed by atoms with van der Waals surface area (Å²) in [6, 6.07) is 0. The van der Waals surface area contributed by atoms with Gasteiger partial charge in [-0.2, -0.15) is 0 Å². The average Bonchev–Trinajstić information content (AvgIpc) is 2.74. The van der Waals surface area contributed by atoms with Crippen molar-refractivity contribution >= 4 is 12.4 Å². The zero-order valence-electron chi connectivity index (χ0n) is 21.2. The van der Waals surface area contributed by atoms with Gasteiger partial charge in [0, 0.05) is 13.2 Å². The van der Waals surface area contributed by atoms with E-state index >= 15 is 0 Å². The van der Waals surface area contributed by atoms with Crippen molar-refractivity contribution in [2.75, 3.05) is 13.2 Å². The lowest BCUT2D eigenvalue weighted by Crippen LogP contribution is -1.97. The molecule has 30 heavy (non-hydrogen) atoms. The maximum absolute atomic E-state index is 5.82. The molecular formula is C28H59ClO. The summed E-state index contributed by atoms with van der Waals surface area (Å²) >= 11 is 0. The quantitative estimate of drug-likeness (QED) is 0.120. The second-order valence-corrected chi connectivity index (χ2v) is 9.39. The first-order valence-electron chi connectivity index (χ1n) is 14.0. The molecular weight excluding hydrogens is 388 g/mol. The van der Waals surface area contributed by atoms with E-state index in [2.05, 4.69) is 13.8 Å². The normalized spacial score (nSPS) is 11.0. The van der Waals surface area contributed by atoms with Gasteiger partial charge >= 0.3 is 0 Å². The molecule has 2 heteroatoms. The van der Waals surface area contributed by atoms with Crippen LogP contribution >= 0.6 is 12.4 Å². The topological polar surface area (TPSA) is 9.23 Å². The molecule has 0 aromatic carbocycles. The van der Waals surface area contributed by atoms with Gasteiger partial charge < -0.3 is 4.74 Å². The summed E-state index contributed by atoms with van der Waals surface area (Å²) in [5, 5.41) is 0. The number of rotatable bonds is 26. The summed E-state index contributed by atoms with van der Waals surface area (Å²) in [6.45, 7) is 6.58. The highest BCUT2D eigenvalue weighted by Crippen LogP contribution is 2.13. The molecule has 0 aliphatic heterocycles. The van der Waals surface area contributed by atoms with Crippen LogP contribution in [0.25, 0.3) is 0 Å². The number of hydrogen-bond acceptors (Lipinski definition) is 1. The third-order valence-corrected chi connectivity index (χ3v) is 6.28. The van der Waals surface area contributed by atoms with Crippen LogP contribution in [0.3, 0.4) is 0 Å². The zero-order valence-corrected chi connectivity index (χ0v) is 22.0. The van der Waals surface area contributed by atoms with Gasteiger partial charge in [0.15, 0.2) is 0 Å². The Hall–Kier alpha value is 0.250. The van der Waals surface area contributed by atoms with Crippen molar-refractivity contribution in [3.05, 3.63) is 0 Å². The fourth-order valence-electron chi connectivity index (χ4n) is 4.19. The van der Waals surface area contributed by atoms with E-state index in [0.717, 1.165) is 13.2 Å². The number of unbranched alkanes of at least 4 members (excludes halogenated alkanes) is 22. The van der Waals surface area contributed by atoms with E-state index < -0.39 is 0 Å². The van der Waals surface area contributed by atoms with E-state index in [-0.39, 0.29) is 12.4 Å². The van der Waals surface area contributed by atoms with E-state index in [1.807, 2.05) is 0 Å². The van der Waals surface area contributed by atoms with E-state index in [4.69, 9.17) is 4.74 Å². The molecule has 0 aliphatic rings. The third kappa shape index (κ3) is 30.4. The standard InChI is InChI=1S/C28H58O.ClH/c1-3-5-7-9-11-13-15-17-19-21-23-25-27-29-28-26-24-22-20-18-16-14-12-10-8-6-4-2;/h3-28H2,1-2H3;1H. The van der Waals surface area contributed by atoms with E-state index in [1.54, 1.807) is 0 Å². The molecule has 1 nitrogen and oxygen atoms in total. The minimum Gasteiger partial charge on any atom is -0.381 e. The van der Waals surface area contributed by atoms with Gasteiger partial charge in [-0.05, 0) is 12.8 Å². The Bertz CT molecular complexity index is 243. The summed E-state index contributed by atoms with van der Waals surface area (Å²) in [6.07, 6.45) is 34.1. The van der Waals surface area contributed by atoms with Gasteiger partial charge in [-0.15, -0.1) is 12.4 Å². The first-order chi connectivity index (χ1) is 14.4. The molecule has 0 unspecified atom stereocenters. The second kappa shape index (κ2) is 31.4. The highest BCUT2D eigenvalue weighted by molar-refractivity contribution is 5.85. The third-order valence-electron chi connectivity index (χ3n) is 6.28. The summed E-state index contributed by atoms with van der Waals surface area (Å²) in [5.74, 6) is 0. The van der Waals surface area contributed by atoms with Gasteiger partial charge in [0.1, 0.15) is 0 Å². The predicted molar refractivity (Wildman–Crippen MR) is 140 cm³/mol. The Balaban J connectivity index is 0. The smallest absolute Gasteiger partial charge is 0.0466 e. The van der Waals surface area contributed by atoms with Crippen molar-refractivity contribution in [3.63, 3.8) is 0 Å². The van der Waals surface area contributed by atoms with E-state index in [1.165, 1.54) is 154 Å². The molecule has 0 heterocycles. The Morgan fingerprint density at radius 3 is 0.733 bits per heavy atom. The van der Waals surface area contributed by atoms with Crippen LogP contribution in [0, 0.1) is 0 Å². The molecule has 0 radical (unpaired) electrons. The second-order valence-electron chi connectivity index (χ2n) is 9.39. The molecule has 0 N–H and O–H groups in total. The van der Waals surface area contributed by atoms with Crippen molar-refractivity contribution in [1.82, 2.24) is 0 Å². The molecule has 0 amide bonds. The lowest BCUT2D eigenvalue weighted by Gasteiger charge is -2.05. The van der Waals surface area contributed by atoms with Crippen LogP contribution in [0.1, 0.15) is 168 Å². The fraction of sp³-hybridized carbons (Fsp3) is 1.00. The van der Waals surface area contributed by atoms with Gasteiger partial charge in [-0.3, -0.25) is 0 Å². The van der Waals surface area contributed by atoms with Crippen LogP contribution in [-0.2, 0) is 4.74 Å². The van der Waals surface area contributed by atoms with Crippen molar-refractivity contribution in [2.45, 2.75) is 168 Å². The first-order valence-corrected chi connectivity index (χ1v) is 14.0. The van der Waals surface area contributed by atoms with Gasteiger partial charge in [-0.25, -0.2) is 0 Å². The van der Waals surface area contributed by atoms with Crippen LogP contribution in [-0.4, -0.2) is 13.2 Å². The Morgan fingerprint density at radius 2 is 0.500 bits per heavy atom. The molecule has 0 aliphatic carbocycles. The van der Waals surface area contributed by atoms with Gasteiger partial charge in [0.25, 0.3) is 0 Å². The summed E-state index contributed by atoms with van der Waals surface area (Å²) in [5.41, 5.74) is 0. The number of ether oxygens (including phenoxy) is 1. The molecule has 0 aromatic heterocycles. The van der Waals surface area contributed by atoms with Crippen LogP contribution in [0.5, 0.6) is 0 Å². The Kier molecular flexibility index (Phi) is 34.0. The van der Waals surface area contributed by atoms with Gasteiger partial charge in [-0.1, -0.05) is 155 Å². The highest BCUT2D eigenvalue weighted by Gasteiger charge is 1.96. The van der Waals surface area contributed by atoms with Crippen LogP contribution in [0.2, 0.25) is 0 Å². The van der Waals surface area contributed by atoms with E-state index in [0.29, 0.717) is 0 Å². The molecule has 0 fully saturated rings. The highest BCUT2D eigenvalue weighted by atomic mass is 35.5. The van der Waals surface area contributed by atoms with Crippen molar-refractivity contribution in [1.29, 1.82) is 0 Å². The summed E-state index contributed by atoms with van der Waals surface area (Å²) in [7, 11) is 0. The molecule has 0 rings (SSSR count). The molecule has 0 aromatic rings. The fourth-order valence-corrected chi connectivity index (χ4v) is 4.19. The lowest BCUT2D eigenvalue weighted by molar-refractivity contribution is 0.125. The number of hydrogen-bond donors (Lipinski definition) is 0. The van der Waals surface area contributed by atoms with Crippen LogP contribution in [0.4, 0.5) is 0 Å². The van der Waals surface area contributed by atoms with Crippen molar-refractivity contribution < 1.29 is 4.74 Å². The molecule has 0 saturated heterocycles. The maximum Gasteiger partial charge on any atom is 0.0466 e. The molecule has 0 spiro atoms. The van der Waals surface area contributed by atoms with E-state index in [9.17, 15) is 0 Å². The van der Waals surface area contributed by atoms with Crippen molar-refractivity contribution in [2.24, 2.45) is 0 Å². The SMILES string of the molecule is CCCCCCCCCCCCCCOCCCCCCCCCCCCCC.Cl. The minimum absolute atomic E-state index is 0. The largest absolute Gasteiger partial charge is 0.381 e. The van der Waals surface area contributed by atoms with Crippen LogP contribution in [0.15, 0.2) is 0 Å². The Morgan fingerprint density at radius 1 is 0.300 bits per heavy atom. The average molecular weight is 447 g/mol. The molecule has 184 valence electrons. The Labute approximate surface area is 198 Å². The predicted octanol–water partition coefficient (Wildman–Crippen LogP) is 10.8.